The van der Waals surface area contributed by atoms with Crippen LogP contribution in [0, 0.1) is 0 Å². The summed E-state index contributed by atoms with van der Waals surface area (Å²) in [4.78, 5) is 11.5. The molecule has 0 amide bonds. The molecule has 15 heavy (non-hydrogen) atoms. The Labute approximate surface area is 87.0 Å². The minimum absolute atomic E-state index is 0.182. The second kappa shape index (κ2) is 3.96. The van der Waals surface area contributed by atoms with Crippen molar-refractivity contribution in [2.24, 2.45) is 0 Å². The third-order valence-electron chi connectivity index (χ3n) is 2.07. The first-order valence-corrected chi connectivity index (χ1v) is 4.62. The number of hydrogen-bond acceptors (Lipinski definition) is 3. The fourth-order valence-electron chi connectivity index (χ4n) is 1.32. The van der Waals surface area contributed by atoms with Crippen LogP contribution in [0.25, 0.3) is 0 Å². The van der Waals surface area contributed by atoms with E-state index >= 15 is 0 Å². The van der Waals surface area contributed by atoms with Gasteiger partial charge in [-0.25, -0.2) is 4.68 Å². The summed E-state index contributed by atoms with van der Waals surface area (Å²) in [5.74, 6) is 0. The fourth-order valence-corrected chi connectivity index (χ4v) is 1.32. The van der Waals surface area contributed by atoms with Gasteiger partial charge in [-0.05, 0) is 5.56 Å². The van der Waals surface area contributed by atoms with Crippen molar-refractivity contribution in [3.05, 3.63) is 58.5 Å². The lowest BCUT2D eigenvalue weighted by molar-refractivity contribution is 0.640. The Kier molecular flexibility index (Phi) is 2.49. The van der Waals surface area contributed by atoms with Gasteiger partial charge in [0.05, 0.1) is 18.4 Å². The van der Waals surface area contributed by atoms with E-state index in [0.717, 1.165) is 5.56 Å². The molecule has 2 N–H and O–H groups in total. The molecule has 0 bridgehead atoms. The lowest BCUT2D eigenvalue weighted by Crippen LogP contribution is -2.22. The van der Waals surface area contributed by atoms with Gasteiger partial charge in [-0.3, -0.25) is 4.79 Å². The zero-order valence-corrected chi connectivity index (χ0v) is 8.13. The number of aromatic nitrogens is 2. The summed E-state index contributed by atoms with van der Waals surface area (Å²) < 4.78 is 1.38. The van der Waals surface area contributed by atoms with Gasteiger partial charge < -0.3 is 5.73 Å². The maximum atomic E-state index is 11.5. The maximum absolute atomic E-state index is 11.5. The third kappa shape index (κ3) is 2.22. The molecular weight excluding hydrogens is 190 g/mol. The largest absolute Gasteiger partial charge is 0.397 e. The number of hydrogen-bond donors (Lipinski definition) is 1. The summed E-state index contributed by atoms with van der Waals surface area (Å²) in [5, 5.41) is 3.95. The molecule has 0 saturated carbocycles. The predicted molar refractivity (Wildman–Crippen MR) is 58.5 cm³/mol. The van der Waals surface area contributed by atoms with Gasteiger partial charge in [0.1, 0.15) is 0 Å². The molecule has 4 nitrogen and oxygen atoms in total. The Morgan fingerprint density at radius 1 is 1.27 bits per heavy atom. The van der Waals surface area contributed by atoms with Gasteiger partial charge >= 0.3 is 0 Å². The molecule has 0 fully saturated rings. The van der Waals surface area contributed by atoms with Crippen molar-refractivity contribution >= 4 is 5.69 Å². The summed E-state index contributed by atoms with van der Waals surface area (Å²) in [7, 11) is 0. The molecule has 4 heteroatoms. The Balaban J connectivity index is 2.29. The summed E-state index contributed by atoms with van der Waals surface area (Å²) in [5.41, 5.74) is 6.70. The van der Waals surface area contributed by atoms with E-state index in [0.29, 0.717) is 12.2 Å². The van der Waals surface area contributed by atoms with E-state index in [2.05, 4.69) is 5.10 Å². The van der Waals surface area contributed by atoms with Gasteiger partial charge in [0.25, 0.3) is 5.56 Å². The first-order chi connectivity index (χ1) is 7.25. The van der Waals surface area contributed by atoms with Crippen molar-refractivity contribution in [2.45, 2.75) is 6.54 Å². The minimum Gasteiger partial charge on any atom is -0.397 e. The molecule has 0 atom stereocenters. The van der Waals surface area contributed by atoms with Crippen LogP contribution in [0.2, 0.25) is 0 Å². The summed E-state index contributed by atoms with van der Waals surface area (Å²) >= 11 is 0. The van der Waals surface area contributed by atoms with Gasteiger partial charge in [0.15, 0.2) is 0 Å². The molecule has 0 saturated heterocycles. The second-order valence-corrected chi connectivity index (χ2v) is 3.27. The van der Waals surface area contributed by atoms with Crippen LogP contribution in [0.1, 0.15) is 5.56 Å². The van der Waals surface area contributed by atoms with Crippen LogP contribution in [0.4, 0.5) is 5.69 Å². The molecular formula is C11H11N3O. The van der Waals surface area contributed by atoms with Crippen molar-refractivity contribution in [1.29, 1.82) is 0 Å². The topological polar surface area (TPSA) is 60.9 Å². The molecule has 1 aromatic heterocycles. The molecule has 2 aromatic rings. The van der Waals surface area contributed by atoms with Crippen molar-refractivity contribution in [3.8, 4) is 0 Å². The monoisotopic (exact) mass is 201 g/mol. The molecule has 0 aliphatic carbocycles. The summed E-state index contributed by atoms with van der Waals surface area (Å²) in [6.45, 7) is 0.472. The first kappa shape index (κ1) is 9.45. The zero-order valence-electron chi connectivity index (χ0n) is 8.13. The molecule has 0 unspecified atom stereocenters. The second-order valence-electron chi connectivity index (χ2n) is 3.27. The van der Waals surface area contributed by atoms with Crippen LogP contribution in [-0.2, 0) is 6.54 Å². The van der Waals surface area contributed by atoms with Crippen molar-refractivity contribution in [3.63, 3.8) is 0 Å². The SMILES string of the molecule is Nc1cnn(Cc2ccccc2)c(=O)c1. The molecule has 0 radical (unpaired) electrons. The average Bonchev–Trinajstić information content (AvgIpc) is 2.24. The van der Waals surface area contributed by atoms with E-state index in [1.165, 1.54) is 16.9 Å². The van der Waals surface area contributed by atoms with E-state index in [9.17, 15) is 4.79 Å². The van der Waals surface area contributed by atoms with Crippen LogP contribution in [0.15, 0.2) is 47.4 Å². The third-order valence-corrected chi connectivity index (χ3v) is 2.07. The number of nitrogens with two attached hydrogens (primary N) is 1. The number of rotatable bonds is 2. The highest BCUT2D eigenvalue weighted by atomic mass is 16.1. The van der Waals surface area contributed by atoms with Crippen LogP contribution < -0.4 is 11.3 Å². The van der Waals surface area contributed by atoms with E-state index < -0.39 is 0 Å². The normalized spacial score (nSPS) is 10.1. The maximum Gasteiger partial charge on any atom is 0.269 e. The lowest BCUT2D eigenvalue weighted by atomic mass is 10.2. The van der Waals surface area contributed by atoms with Gasteiger partial charge in [0, 0.05) is 6.07 Å². The van der Waals surface area contributed by atoms with E-state index in [4.69, 9.17) is 5.73 Å². The minimum atomic E-state index is -0.182. The van der Waals surface area contributed by atoms with E-state index in [1.54, 1.807) is 0 Å². The van der Waals surface area contributed by atoms with Crippen LogP contribution in [0.3, 0.4) is 0 Å². The van der Waals surface area contributed by atoms with Crippen LogP contribution in [-0.4, -0.2) is 9.78 Å². The molecule has 0 spiro atoms. The fraction of sp³-hybridized carbons (Fsp3) is 0.0909. The standard InChI is InChI=1S/C11H11N3O/c12-10-6-11(15)14(13-7-10)8-9-4-2-1-3-5-9/h1-7H,8,12H2. The van der Waals surface area contributed by atoms with Gasteiger partial charge in [-0.2, -0.15) is 5.10 Å². The Bertz CT molecular complexity index is 505. The van der Waals surface area contributed by atoms with Crippen molar-refractivity contribution in [2.75, 3.05) is 5.73 Å². The predicted octanol–water partition coefficient (Wildman–Crippen LogP) is 0.874. The molecule has 1 heterocycles. The molecule has 0 aliphatic rings. The van der Waals surface area contributed by atoms with Gasteiger partial charge in [0.2, 0.25) is 0 Å². The number of nitrogen functional groups attached to an aromatic ring is 1. The van der Waals surface area contributed by atoms with Crippen LogP contribution >= 0.6 is 0 Å². The first-order valence-electron chi connectivity index (χ1n) is 4.62. The smallest absolute Gasteiger partial charge is 0.269 e. The zero-order chi connectivity index (χ0) is 10.7. The average molecular weight is 201 g/mol. The van der Waals surface area contributed by atoms with Crippen molar-refractivity contribution in [1.82, 2.24) is 9.78 Å². The van der Waals surface area contributed by atoms with Crippen molar-refractivity contribution < 1.29 is 0 Å². The number of anilines is 1. The highest BCUT2D eigenvalue weighted by Gasteiger charge is 1.98. The number of nitrogens with zero attached hydrogens (tertiary/aromatic N) is 2. The quantitative estimate of drug-likeness (QED) is 0.784. The molecule has 76 valence electrons. The highest BCUT2D eigenvalue weighted by molar-refractivity contribution is 5.31. The van der Waals surface area contributed by atoms with Gasteiger partial charge in [-0.1, -0.05) is 30.3 Å². The molecule has 1 aromatic carbocycles. The Morgan fingerprint density at radius 3 is 2.67 bits per heavy atom. The van der Waals surface area contributed by atoms with Crippen LogP contribution in [0.5, 0.6) is 0 Å². The Hall–Kier alpha value is -2.10. The highest BCUT2D eigenvalue weighted by Crippen LogP contribution is 1.99. The summed E-state index contributed by atoms with van der Waals surface area (Å²) in [6.07, 6.45) is 1.48. The summed E-state index contributed by atoms with van der Waals surface area (Å²) in [6, 6.07) is 11.1. The van der Waals surface area contributed by atoms with E-state index in [1.807, 2.05) is 30.3 Å². The molecule has 2 rings (SSSR count). The van der Waals surface area contributed by atoms with Gasteiger partial charge in [-0.15, -0.1) is 0 Å². The Morgan fingerprint density at radius 2 is 2.00 bits per heavy atom. The lowest BCUT2D eigenvalue weighted by Gasteiger charge is -2.03. The number of benzene rings is 1. The molecule has 0 aliphatic heterocycles. The van der Waals surface area contributed by atoms with E-state index in [-0.39, 0.29) is 5.56 Å².